The summed E-state index contributed by atoms with van der Waals surface area (Å²) in [6.07, 6.45) is 0. The van der Waals surface area contributed by atoms with E-state index in [1.807, 2.05) is 37.3 Å². The van der Waals surface area contributed by atoms with Crippen LogP contribution < -0.4 is 11.1 Å². The lowest BCUT2D eigenvalue weighted by Gasteiger charge is -2.08. The van der Waals surface area contributed by atoms with Gasteiger partial charge in [0.2, 0.25) is 0 Å². The van der Waals surface area contributed by atoms with E-state index in [1.165, 1.54) is 0 Å². The molecule has 0 aliphatic carbocycles. The first-order valence-corrected chi connectivity index (χ1v) is 6.57. The Hall–Kier alpha value is -1.56. The minimum Gasteiger partial charge on any atom is -0.399 e. The van der Waals surface area contributed by atoms with Gasteiger partial charge in [-0.2, -0.15) is 0 Å². The molecule has 18 heavy (non-hydrogen) atoms. The number of nitrogens with one attached hydrogen (secondary N) is 1. The first-order valence-electron chi connectivity index (χ1n) is 5.49. The third-order valence-electron chi connectivity index (χ3n) is 2.61. The van der Waals surface area contributed by atoms with Gasteiger partial charge in [-0.15, -0.1) is 0 Å². The molecule has 4 heteroatoms. The summed E-state index contributed by atoms with van der Waals surface area (Å²) in [6.45, 7) is 1.89. The lowest BCUT2D eigenvalue weighted by Crippen LogP contribution is -2.13. The van der Waals surface area contributed by atoms with E-state index < -0.39 is 0 Å². The molecule has 0 heterocycles. The fourth-order valence-electron chi connectivity index (χ4n) is 1.62. The molecule has 0 saturated carbocycles. The highest BCUT2D eigenvalue weighted by Gasteiger charge is 2.09. The molecule has 0 saturated heterocycles. The van der Waals surface area contributed by atoms with Crippen molar-refractivity contribution in [3.05, 3.63) is 57.2 Å². The van der Waals surface area contributed by atoms with Gasteiger partial charge in [-0.25, -0.2) is 0 Å². The molecule has 0 atom stereocenters. The molecule has 0 unspecified atom stereocenters. The van der Waals surface area contributed by atoms with E-state index in [9.17, 15) is 4.79 Å². The molecule has 0 aliphatic heterocycles. The van der Waals surface area contributed by atoms with Crippen molar-refractivity contribution in [2.45, 2.75) is 6.92 Å². The number of anilines is 2. The van der Waals surface area contributed by atoms with E-state index in [0.29, 0.717) is 11.3 Å². The monoisotopic (exact) mass is 352 g/mol. The Balaban J connectivity index is 2.21. The zero-order valence-electron chi connectivity index (χ0n) is 9.91. The van der Waals surface area contributed by atoms with E-state index in [0.717, 1.165) is 14.8 Å². The van der Waals surface area contributed by atoms with E-state index >= 15 is 0 Å². The number of nitrogens with two attached hydrogens (primary N) is 1. The van der Waals surface area contributed by atoms with Crippen molar-refractivity contribution in [2.24, 2.45) is 0 Å². The Morgan fingerprint density at radius 3 is 2.50 bits per heavy atom. The van der Waals surface area contributed by atoms with E-state index in [-0.39, 0.29) is 5.91 Å². The number of benzene rings is 2. The topological polar surface area (TPSA) is 55.1 Å². The number of rotatable bonds is 2. The number of amides is 1. The Labute approximate surface area is 120 Å². The first kappa shape index (κ1) is 12.9. The fourth-order valence-corrected chi connectivity index (χ4v) is 1.98. The fraction of sp³-hybridized carbons (Fsp3) is 0.0714. The molecule has 92 valence electrons. The highest BCUT2D eigenvalue weighted by Crippen LogP contribution is 2.16. The number of hydrogen-bond donors (Lipinski definition) is 2. The minimum absolute atomic E-state index is 0.138. The van der Waals surface area contributed by atoms with Crippen molar-refractivity contribution >= 4 is 39.9 Å². The van der Waals surface area contributed by atoms with Crippen LogP contribution in [0.25, 0.3) is 0 Å². The maximum absolute atomic E-state index is 12.1. The van der Waals surface area contributed by atoms with Crippen molar-refractivity contribution in [2.75, 3.05) is 11.1 Å². The van der Waals surface area contributed by atoms with Crippen LogP contribution in [0.2, 0.25) is 0 Å². The van der Waals surface area contributed by atoms with Gasteiger partial charge in [-0.1, -0.05) is 6.07 Å². The Bertz CT molecular complexity index is 579. The summed E-state index contributed by atoms with van der Waals surface area (Å²) in [5.41, 5.74) is 8.58. The van der Waals surface area contributed by atoms with Crippen LogP contribution in [0.15, 0.2) is 42.5 Å². The molecule has 2 aromatic carbocycles. The predicted octanol–water partition coefficient (Wildman–Crippen LogP) is 3.43. The van der Waals surface area contributed by atoms with Gasteiger partial charge in [-0.3, -0.25) is 4.79 Å². The van der Waals surface area contributed by atoms with Crippen LogP contribution in [-0.4, -0.2) is 5.91 Å². The molecule has 1 amide bonds. The number of halogens is 1. The quantitative estimate of drug-likeness (QED) is 0.643. The van der Waals surface area contributed by atoms with Gasteiger partial charge < -0.3 is 11.1 Å². The maximum atomic E-state index is 12.1. The Morgan fingerprint density at radius 2 is 1.83 bits per heavy atom. The van der Waals surface area contributed by atoms with Crippen LogP contribution in [-0.2, 0) is 0 Å². The largest absolute Gasteiger partial charge is 0.399 e. The van der Waals surface area contributed by atoms with Crippen LogP contribution in [0.3, 0.4) is 0 Å². The highest BCUT2D eigenvalue weighted by molar-refractivity contribution is 14.1. The summed E-state index contributed by atoms with van der Waals surface area (Å²) in [7, 11) is 0. The van der Waals surface area contributed by atoms with E-state index in [4.69, 9.17) is 5.73 Å². The second kappa shape index (κ2) is 5.39. The first-order chi connectivity index (χ1) is 8.56. The smallest absolute Gasteiger partial charge is 0.256 e. The van der Waals surface area contributed by atoms with Crippen molar-refractivity contribution in [3.63, 3.8) is 0 Å². The third-order valence-corrected chi connectivity index (χ3v) is 3.33. The molecule has 3 nitrogen and oxygen atoms in total. The molecule has 0 aromatic heterocycles. The van der Waals surface area contributed by atoms with Gasteiger partial charge in [0.25, 0.3) is 5.91 Å². The van der Waals surface area contributed by atoms with Crippen molar-refractivity contribution < 1.29 is 4.79 Å². The molecule has 0 aliphatic rings. The van der Waals surface area contributed by atoms with Crippen molar-refractivity contribution in [1.82, 2.24) is 0 Å². The van der Waals surface area contributed by atoms with Crippen LogP contribution >= 0.6 is 22.6 Å². The summed E-state index contributed by atoms with van der Waals surface area (Å²) in [5, 5.41) is 2.86. The molecule has 0 spiro atoms. The van der Waals surface area contributed by atoms with E-state index in [1.54, 1.807) is 12.1 Å². The molecule has 0 radical (unpaired) electrons. The molecular formula is C14H13IN2O. The summed E-state index contributed by atoms with van der Waals surface area (Å²) in [6, 6.07) is 13.0. The normalized spacial score (nSPS) is 10.1. The third kappa shape index (κ3) is 3.01. The molecule has 3 N–H and O–H groups in total. The SMILES string of the molecule is Cc1ccc(N)cc1C(=O)Nc1ccc(I)cc1. The number of hydrogen-bond acceptors (Lipinski definition) is 2. The summed E-state index contributed by atoms with van der Waals surface area (Å²) in [4.78, 5) is 12.1. The molecular weight excluding hydrogens is 339 g/mol. The van der Waals surface area contributed by atoms with Crippen LogP contribution in [0.5, 0.6) is 0 Å². The van der Waals surface area contributed by atoms with Gasteiger partial charge in [0.1, 0.15) is 0 Å². The van der Waals surface area contributed by atoms with Gasteiger partial charge in [0.15, 0.2) is 0 Å². The van der Waals surface area contributed by atoms with Crippen molar-refractivity contribution in [3.8, 4) is 0 Å². The van der Waals surface area contributed by atoms with Gasteiger partial charge in [-0.05, 0) is 71.5 Å². The zero-order chi connectivity index (χ0) is 13.1. The second-order valence-electron chi connectivity index (χ2n) is 4.04. The van der Waals surface area contributed by atoms with Gasteiger partial charge in [0.05, 0.1) is 0 Å². The van der Waals surface area contributed by atoms with Crippen LogP contribution in [0.4, 0.5) is 11.4 Å². The molecule has 2 rings (SSSR count). The molecule has 2 aromatic rings. The standard InChI is InChI=1S/C14H13IN2O/c1-9-2-5-11(16)8-13(9)14(18)17-12-6-3-10(15)4-7-12/h2-8H,16H2,1H3,(H,17,18). The Morgan fingerprint density at radius 1 is 1.17 bits per heavy atom. The van der Waals surface area contributed by atoms with Gasteiger partial charge >= 0.3 is 0 Å². The molecule has 0 bridgehead atoms. The number of carbonyl (C=O) groups excluding carboxylic acids is 1. The summed E-state index contributed by atoms with van der Waals surface area (Å²) >= 11 is 2.22. The van der Waals surface area contributed by atoms with Crippen LogP contribution in [0, 0.1) is 10.5 Å². The highest BCUT2D eigenvalue weighted by atomic mass is 127. The minimum atomic E-state index is -0.138. The second-order valence-corrected chi connectivity index (χ2v) is 5.28. The van der Waals surface area contributed by atoms with Gasteiger partial charge in [0, 0.05) is 20.5 Å². The van der Waals surface area contributed by atoms with Crippen LogP contribution in [0.1, 0.15) is 15.9 Å². The number of nitrogen functional groups attached to an aromatic ring is 1. The maximum Gasteiger partial charge on any atom is 0.256 e. The average molecular weight is 352 g/mol. The predicted molar refractivity (Wildman–Crippen MR) is 82.7 cm³/mol. The lowest BCUT2D eigenvalue weighted by atomic mass is 10.1. The average Bonchev–Trinajstić information content (AvgIpc) is 2.35. The van der Waals surface area contributed by atoms with Crippen molar-refractivity contribution in [1.29, 1.82) is 0 Å². The molecule has 0 fully saturated rings. The number of carbonyl (C=O) groups is 1. The summed E-state index contributed by atoms with van der Waals surface area (Å²) < 4.78 is 1.13. The zero-order valence-corrected chi connectivity index (χ0v) is 12.1. The van der Waals surface area contributed by atoms with E-state index in [2.05, 4.69) is 27.9 Å². The summed E-state index contributed by atoms with van der Waals surface area (Å²) in [5.74, 6) is -0.138. The Kier molecular flexibility index (Phi) is 3.86. The number of aryl methyl sites for hydroxylation is 1. The lowest BCUT2D eigenvalue weighted by molar-refractivity contribution is 0.102.